The summed E-state index contributed by atoms with van der Waals surface area (Å²) in [6.45, 7) is 0. The van der Waals surface area contributed by atoms with Crippen LogP contribution in [-0.4, -0.2) is 47.7 Å². The third kappa shape index (κ3) is 4.34. The fourth-order valence-corrected chi connectivity index (χ4v) is 0.775. The number of alkyl halides is 3. The van der Waals surface area contributed by atoms with E-state index < -0.39 is 18.1 Å². The SMILES string of the molecule is O=C(OC(=O)C(F)(F)F)c1ccccc1.[NaH]. The van der Waals surface area contributed by atoms with Crippen LogP contribution in [0.3, 0.4) is 0 Å². The number of esters is 2. The predicted molar refractivity (Wildman–Crippen MR) is 50.1 cm³/mol. The molecule has 0 aliphatic heterocycles. The first-order valence-corrected chi connectivity index (χ1v) is 3.79. The second-order valence-electron chi connectivity index (χ2n) is 2.54. The molecule has 1 aromatic rings. The van der Waals surface area contributed by atoms with Crippen molar-refractivity contribution in [2.75, 3.05) is 0 Å². The Bertz CT molecular complexity index is 375. The molecule has 1 rings (SSSR count). The van der Waals surface area contributed by atoms with Gasteiger partial charge < -0.3 is 4.74 Å². The predicted octanol–water partition coefficient (Wildman–Crippen LogP) is 1.28. The second-order valence-corrected chi connectivity index (χ2v) is 2.54. The van der Waals surface area contributed by atoms with Crippen LogP contribution < -0.4 is 0 Å². The topological polar surface area (TPSA) is 43.4 Å². The van der Waals surface area contributed by atoms with Gasteiger partial charge in [0.15, 0.2) is 0 Å². The molecule has 0 bridgehead atoms. The molecule has 0 heterocycles. The Morgan fingerprint density at radius 1 is 1.06 bits per heavy atom. The number of hydrogen-bond donors (Lipinski definition) is 0. The van der Waals surface area contributed by atoms with Gasteiger partial charge in [0, 0.05) is 0 Å². The van der Waals surface area contributed by atoms with Crippen LogP contribution in [0.1, 0.15) is 10.4 Å². The zero-order valence-electron chi connectivity index (χ0n) is 7.25. The monoisotopic (exact) mass is 242 g/mol. The molecule has 0 fully saturated rings. The van der Waals surface area contributed by atoms with Gasteiger partial charge in [-0.15, -0.1) is 0 Å². The molecule has 0 aliphatic carbocycles. The van der Waals surface area contributed by atoms with Gasteiger partial charge in [-0.2, -0.15) is 13.2 Å². The molecule has 16 heavy (non-hydrogen) atoms. The zero-order valence-corrected chi connectivity index (χ0v) is 7.25. The van der Waals surface area contributed by atoms with Gasteiger partial charge >= 0.3 is 47.7 Å². The molecule has 0 saturated heterocycles. The number of hydrogen-bond acceptors (Lipinski definition) is 3. The Morgan fingerprint density at radius 3 is 2.00 bits per heavy atom. The van der Waals surface area contributed by atoms with Crippen LogP contribution in [-0.2, 0) is 9.53 Å². The van der Waals surface area contributed by atoms with Crippen LogP contribution in [0.25, 0.3) is 0 Å². The van der Waals surface area contributed by atoms with Crippen molar-refractivity contribution < 1.29 is 27.5 Å². The summed E-state index contributed by atoms with van der Waals surface area (Å²) in [5.41, 5.74) is -0.116. The zero-order chi connectivity index (χ0) is 11.5. The Balaban J connectivity index is 0.00000225. The van der Waals surface area contributed by atoms with Crippen molar-refractivity contribution in [1.29, 1.82) is 0 Å². The van der Waals surface area contributed by atoms with E-state index in [0.29, 0.717) is 0 Å². The number of rotatable bonds is 1. The van der Waals surface area contributed by atoms with Gasteiger partial charge in [0.2, 0.25) is 0 Å². The van der Waals surface area contributed by atoms with Crippen LogP contribution in [0, 0.1) is 0 Å². The summed E-state index contributed by atoms with van der Waals surface area (Å²) >= 11 is 0. The molecule has 3 nitrogen and oxygen atoms in total. The summed E-state index contributed by atoms with van der Waals surface area (Å²) in [4.78, 5) is 21.2. The molecule has 0 saturated carbocycles. The Morgan fingerprint density at radius 2 is 1.56 bits per heavy atom. The summed E-state index contributed by atoms with van der Waals surface area (Å²) in [5.74, 6) is -3.84. The molecule has 82 valence electrons. The third-order valence-electron chi connectivity index (χ3n) is 1.43. The summed E-state index contributed by atoms with van der Waals surface area (Å²) < 4.78 is 38.7. The van der Waals surface area contributed by atoms with Crippen LogP contribution in [0.15, 0.2) is 30.3 Å². The minimum absolute atomic E-state index is 0. The van der Waals surface area contributed by atoms with Crippen molar-refractivity contribution in [2.45, 2.75) is 6.18 Å². The molecule has 0 aromatic heterocycles. The van der Waals surface area contributed by atoms with E-state index in [1.807, 2.05) is 0 Å². The van der Waals surface area contributed by atoms with Crippen LogP contribution >= 0.6 is 0 Å². The maximum absolute atomic E-state index is 11.7. The van der Waals surface area contributed by atoms with Crippen molar-refractivity contribution in [2.24, 2.45) is 0 Å². The summed E-state index contributed by atoms with van der Waals surface area (Å²) in [6.07, 6.45) is -5.16. The van der Waals surface area contributed by atoms with E-state index in [9.17, 15) is 22.8 Å². The van der Waals surface area contributed by atoms with Crippen molar-refractivity contribution in [3.8, 4) is 0 Å². The standard InChI is InChI=1S/C9H5F3O3.Na.H/c10-9(11,12)8(14)15-7(13)6-4-2-1-3-5-6;;/h1-5H;;. The minimum atomic E-state index is -5.16. The molecule has 0 atom stereocenters. The molecule has 0 N–H and O–H groups in total. The summed E-state index contributed by atoms with van der Waals surface area (Å²) in [6, 6.07) is 6.93. The van der Waals surface area contributed by atoms with E-state index in [1.165, 1.54) is 24.3 Å². The first kappa shape index (κ1) is 15.2. The number of ether oxygens (including phenoxy) is 1. The number of carbonyl (C=O) groups is 2. The molecule has 0 spiro atoms. The van der Waals surface area contributed by atoms with E-state index in [4.69, 9.17) is 0 Å². The summed E-state index contributed by atoms with van der Waals surface area (Å²) in [7, 11) is 0. The van der Waals surface area contributed by atoms with Crippen molar-refractivity contribution in [1.82, 2.24) is 0 Å². The van der Waals surface area contributed by atoms with E-state index >= 15 is 0 Å². The average molecular weight is 242 g/mol. The van der Waals surface area contributed by atoms with Crippen LogP contribution in [0.4, 0.5) is 13.2 Å². The first-order chi connectivity index (χ1) is 6.91. The van der Waals surface area contributed by atoms with E-state index in [-0.39, 0.29) is 35.1 Å². The van der Waals surface area contributed by atoms with Crippen molar-refractivity contribution >= 4 is 41.5 Å². The number of benzene rings is 1. The van der Waals surface area contributed by atoms with Crippen LogP contribution in [0.5, 0.6) is 0 Å². The Hall–Kier alpha value is -0.850. The van der Waals surface area contributed by atoms with E-state index in [1.54, 1.807) is 6.07 Å². The Labute approximate surface area is 111 Å². The third-order valence-corrected chi connectivity index (χ3v) is 1.43. The van der Waals surface area contributed by atoms with Gasteiger partial charge in [-0.3, -0.25) is 0 Å². The van der Waals surface area contributed by atoms with Gasteiger partial charge in [0.1, 0.15) is 0 Å². The molecule has 1 aromatic carbocycles. The van der Waals surface area contributed by atoms with E-state index in [0.717, 1.165) is 0 Å². The Kier molecular flexibility index (Phi) is 5.71. The first-order valence-electron chi connectivity index (χ1n) is 3.79. The van der Waals surface area contributed by atoms with Gasteiger partial charge in [-0.25, -0.2) is 9.59 Å². The quantitative estimate of drug-likeness (QED) is 0.423. The molecular formula is C9H6F3NaO3. The van der Waals surface area contributed by atoms with Gasteiger partial charge in [0.25, 0.3) is 0 Å². The molecule has 0 radical (unpaired) electrons. The average Bonchev–Trinajstić information content (AvgIpc) is 2.17. The number of halogens is 3. The second kappa shape index (κ2) is 6.03. The fourth-order valence-electron chi connectivity index (χ4n) is 0.775. The van der Waals surface area contributed by atoms with Gasteiger partial charge in [0.05, 0.1) is 5.56 Å². The molecule has 0 unspecified atom stereocenters. The van der Waals surface area contributed by atoms with E-state index in [2.05, 4.69) is 4.74 Å². The van der Waals surface area contributed by atoms with Crippen molar-refractivity contribution in [3.05, 3.63) is 35.9 Å². The van der Waals surface area contributed by atoms with Gasteiger partial charge in [-0.05, 0) is 12.1 Å². The molecular weight excluding hydrogens is 236 g/mol. The molecule has 0 aliphatic rings. The maximum atomic E-state index is 11.7. The number of carbonyl (C=O) groups excluding carboxylic acids is 2. The van der Waals surface area contributed by atoms with Gasteiger partial charge in [-0.1, -0.05) is 18.2 Å². The molecule has 0 amide bonds. The fraction of sp³-hybridized carbons (Fsp3) is 0.111. The molecule has 7 heteroatoms. The van der Waals surface area contributed by atoms with Crippen LogP contribution in [0.2, 0.25) is 0 Å². The van der Waals surface area contributed by atoms with Crippen molar-refractivity contribution in [3.63, 3.8) is 0 Å². The normalized spacial score (nSPS) is 10.2. The summed E-state index contributed by atoms with van der Waals surface area (Å²) in [5, 5.41) is 0.